The van der Waals surface area contributed by atoms with Crippen molar-refractivity contribution in [3.8, 4) is 16.2 Å². The molecule has 12 nitrogen and oxygen atoms in total. The second kappa shape index (κ2) is 22.9. The first kappa shape index (κ1) is 52.7. The van der Waals surface area contributed by atoms with Crippen LogP contribution in [0.4, 0.5) is 18.9 Å². The number of alkyl halides is 1. The van der Waals surface area contributed by atoms with Crippen LogP contribution in [0.15, 0.2) is 71.2 Å². The van der Waals surface area contributed by atoms with Gasteiger partial charge in [0.15, 0.2) is 0 Å². The van der Waals surface area contributed by atoms with Crippen LogP contribution >= 0.6 is 11.3 Å². The predicted octanol–water partition coefficient (Wildman–Crippen LogP) is 9.70. The molecule has 0 bridgehead atoms. The summed E-state index contributed by atoms with van der Waals surface area (Å²) in [6.07, 6.45) is 3.45. The zero-order valence-electron chi connectivity index (χ0n) is 41.5. The van der Waals surface area contributed by atoms with Crippen LogP contribution in [-0.2, 0) is 25.7 Å². The van der Waals surface area contributed by atoms with Crippen LogP contribution in [0.2, 0.25) is 0 Å². The highest BCUT2D eigenvalue weighted by atomic mass is 32.1. The van der Waals surface area contributed by atoms with Crippen molar-refractivity contribution >= 4 is 40.5 Å². The van der Waals surface area contributed by atoms with Gasteiger partial charge in [0.25, 0.3) is 0 Å². The van der Waals surface area contributed by atoms with Crippen molar-refractivity contribution in [2.75, 3.05) is 32.9 Å². The van der Waals surface area contributed by atoms with Gasteiger partial charge in [0.2, 0.25) is 17.7 Å². The van der Waals surface area contributed by atoms with Crippen LogP contribution in [0.25, 0.3) is 10.4 Å². The summed E-state index contributed by atoms with van der Waals surface area (Å²) in [5, 5.41) is 16.4. The fourth-order valence-electron chi connectivity index (χ4n) is 9.84. The van der Waals surface area contributed by atoms with E-state index >= 15 is 13.2 Å². The molecule has 4 aromatic rings. The number of nitrogens with one attached hydrogen (secondary N) is 2. The molecule has 378 valence electrons. The molecular weight excluding hydrogens is 918 g/mol. The molecule has 16 heteroatoms. The number of nitrogens with zero attached hydrogens (tertiary/aromatic N) is 4. The van der Waals surface area contributed by atoms with Gasteiger partial charge in [-0.25, -0.2) is 18.2 Å². The monoisotopic (exact) mass is 986 g/mol. The minimum absolute atomic E-state index is 0.000910. The zero-order valence-corrected chi connectivity index (χ0v) is 42.4. The molecule has 3 amide bonds. The number of aliphatic imine (C=N–C) groups is 1. The van der Waals surface area contributed by atoms with E-state index < -0.39 is 52.9 Å². The Balaban J connectivity index is 0.804. The molecule has 3 aliphatic rings. The number of unbranched alkanes of at least 4 members (excludes halogenated alkanes) is 3. The summed E-state index contributed by atoms with van der Waals surface area (Å²) >= 11 is 1.57. The van der Waals surface area contributed by atoms with Gasteiger partial charge in [-0.1, -0.05) is 69.7 Å². The zero-order chi connectivity index (χ0) is 50.3. The molecular formula is C54H69F3N6O6S. The van der Waals surface area contributed by atoms with E-state index in [1.807, 2.05) is 93.6 Å². The molecule has 3 aliphatic heterocycles. The average molecular weight is 987 g/mol. The standard InChI is InChI=1S/C54H69F3N6O6S/c1-33-25-40-39-15-10-11-16-43(39)60-47(40)48(63(33)31-54(6,7)57)46-41(55)27-38(28-42(46)56)69-24-14-13-23-68-22-12-8-9-17-45(65)61-50(53(3,4)5)52(67)62-30-37(64)26-44(62)51(66)58-29-35-18-20-36(21-19-35)49-34(2)59-32-70-49/h10-11,15-16,18-21,27-28,32-33,37,40,44,48,50,64H,8-9,12-14,17,22-26,29-31H2,1-7H3,(H,58,66)(H,61,65)/t33-,37-,40?,44+,48-,50?/m1/s1. The Labute approximate surface area is 414 Å². The molecule has 0 aliphatic carbocycles. The number of aliphatic hydroxyl groups excluding tert-OH is 1. The molecule has 0 spiro atoms. The van der Waals surface area contributed by atoms with E-state index in [0.29, 0.717) is 44.6 Å². The Morgan fingerprint density at radius 3 is 2.29 bits per heavy atom. The Hall–Kier alpha value is -5.16. The van der Waals surface area contributed by atoms with Crippen LogP contribution in [0.5, 0.6) is 5.75 Å². The number of aromatic nitrogens is 1. The van der Waals surface area contributed by atoms with E-state index in [1.165, 1.54) is 30.9 Å². The van der Waals surface area contributed by atoms with Crippen molar-refractivity contribution in [3.63, 3.8) is 0 Å². The fourth-order valence-corrected chi connectivity index (χ4v) is 10.7. The molecule has 0 saturated carbocycles. The number of piperidine rings is 1. The Bertz CT molecular complexity index is 2460. The Morgan fingerprint density at radius 2 is 1.61 bits per heavy atom. The number of hydrogen-bond donors (Lipinski definition) is 3. The second-order valence-corrected chi connectivity index (χ2v) is 21.6. The quantitative estimate of drug-likeness (QED) is 0.0701. The number of carbonyl (C=O) groups is 3. The Kier molecular flexibility index (Phi) is 17.3. The summed E-state index contributed by atoms with van der Waals surface area (Å²) in [7, 11) is 0. The lowest BCUT2D eigenvalue weighted by Gasteiger charge is -2.45. The van der Waals surface area contributed by atoms with Crippen LogP contribution in [0.1, 0.15) is 127 Å². The smallest absolute Gasteiger partial charge is 0.246 e. The number of fused-ring (bicyclic) bond motifs is 3. The second-order valence-electron chi connectivity index (χ2n) is 20.7. The van der Waals surface area contributed by atoms with Gasteiger partial charge in [-0.05, 0) is 88.0 Å². The summed E-state index contributed by atoms with van der Waals surface area (Å²) in [5.41, 5.74) is 4.75. The summed E-state index contributed by atoms with van der Waals surface area (Å²) in [5.74, 6) is -2.58. The third-order valence-electron chi connectivity index (χ3n) is 13.4. The minimum atomic E-state index is -1.60. The van der Waals surface area contributed by atoms with Gasteiger partial charge < -0.3 is 30.1 Å². The molecule has 2 unspecified atom stereocenters. The van der Waals surface area contributed by atoms with Crippen LogP contribution < -0.4 is 15.4 Å². The first-order valence-corrected chi connectivity index (χ1v) is 25.5. The maximum absolute atomic E-state index is 16.0. The molecule has 3 aromatic carbocycles. The van der Waals surface area contributed by atoms with E-state index in [-0.39, 0.29) is 74.2 Å². The SMILES string of the molecule is Cc1ncsc1-c1ccc(CNC(=O)[C@@H]2C[C@@H](O)CN2C(=O)C(NC(=O)CCCCCOCCCCOc2cc(F)c([C@@H]3C4=Nc5ccccc5C4C[C@@H](C)N3CC(C)(C)F)c(F)c2)C(C)(C)C)cc1. The van der Waals surface area contributed by atoms with Crippen LogP contribution in [0, 0.1) is 24.0 Å². The molecule has 70 heavy (non-hydrogen) atoms. The molecule has 3 N–H and O–H groups in total. The van der Waals surface area contributed by atoms with Crippen molar-refractivity contribution < 1.29 is 42.1 Å². The van der Waals surface area contributed by atoms with Gasteiger partial charge in [-0.2, -0.15) is 0 Å². The third kappa shape index (κ3) is 13.0. The van der Waals surface area contributed by atoms with Gasteiger partial charge in [0.05, 0.1) is 40.5 Å². The summed E-state index contributed by atoms with van der Waals surface area (Å²) in [4.78, 5) is 54.1. The summed E-state index contributed by atoms with van der Waals surface area (Å²) in [6.45, 7) is 13.9. The Morgan fingerprint density at radius 1 is 0.929 bits per heavy atom. The van der Waals surface area contributed by atoms with E-state index in [2.05, 4.69) is 15.6 Å². The highest BCUT2D eigenvalue weighted by molar-refractivity contribution is 7.13. The number of β-amino-alcohol motifs (C(OH)–C–C–N with tert-alkyl or cyclic N) is 1. The number of benzene rings is 3. The van der Waals surface area contributed by atoms with E-state index in [1.54, 1.807) is 11.3 Å². The van der Waals surface area contributed by atoms with Gasteiger partial charge in [0, 0.05) is 81.1 Å². The molecule has 1 aromatic heterocycles. The van der Waals surface area contributed by atoms with Gasteiger partial charge in [-0.3, -0.25) is 24.3 Å². The number of aliphatic hydroxyl groups is 1. The van der Waals surface area contributed by atoms with Crippen molar-refractivity contribution in [1.29, 1.82) is 0 Å². The molecule has 2 fully saturated rings. The number of carbonyl (C=O) groups excluding carboxylic acids is 3. The third-order valence-corrected chi connectivity index (χ3v) is 14.4. The number of likely N-dealkylation sites (tertiary alicyclic amines) is 2. The highest BCUT2D eigenvalue weighted by Gasteiger charge is 2.47. The van der Waals surface area contributed by atoms with Crippen LogP contribution in [0.3, 0.4) is 0 Å². The average Bonchev–Trinajstić information content (AvgIpc) is 4.02. The lowest BCUT2D eigenvalue weighted by molar-refractivity contribution is -0.144. The lowest BCUT2D eigenvalue weighted by atomic mass is 9.78. The predicted molar refractivity (Wildman–Crippen MR) is 267 cm³/mol. The van der Waals surface area contributed by atoms with Gasteiger partial charge in [0.1, 0.15) is 35.1 Å². The number of amides is 3. The summed E-state index contributed by atoms with van der Waals surface area (Å²) in [6, 6.07) is 15.2. The van der Waals surface area contributed by atoms with E-state index in [9.17, 15) is 19.5 Å². The molecule has 4 heterocycles. The maximum Gasteiger partial charge on any atom is 0.246 e. The lowest BCUT2D eigenvalue weighted by Crippen LogP contribution is -2.57. The topological polar surface area (TPSA) is 146 Å². The normalized spacial score (nSPS) is 20.7. The van der Waals surface area contributed by atoms with Crippen molar-refractivity contribution in [1.82, 2.24) is 25.4 Å². The summed E-state index contributed by atoms with van der Waals surface area (Å²) < 4.78 is 58.8. The molecule has 2 saturated heterocycles. The first-order valence-electron chi connectivity index (χ1n) is 24.7. The number of halogens is 3. The number of para-hydroxylation sites is 1. The molecule has 6 atom stereocenters. The fraction of sp³-hybridized carbons (Fsp3) is 0.537. The van der Waals surface area contributed by atoms with E-state index in [0.717, 1.165) is 45.8 Å². The van der Waals surface area contributed by atoms with Crippen LogP contribution in [-0.4, -0.2) is 106 Å². The number of thiazole rings is 1. The highest BCUT2D eigenvalue weighted by Crippen LogP contribution is 2.49. The number of ether oxygens (including phenoxy) is 2. The minimum Gasteiger partial charge on any atom is -0.493 e. The van der Waals surface area contributed by atoms with Crippen molar-refractivity contribution in [3.05, 3.63) is 100 Å². The van der Waals surface area contributed by atoms with Gasteiger partial charge >= 0.3 is 0 Å². The number of hydrogen-bond acceptors (Lipinski definition) is 10. The van der Waals surface area contributed by atoms with Gasteiger partial charge in [-0.15, -0.1) is 11.3 Å². The first-order chi connectivity index (χ1) is 33.3. The number of aryl methyl sites for hydroxylation is 1. The molecule has 7 rings (SSSR count). The molecule has 0 radical (unpaired) electrons. The largest absolute Gasteiger partial charge is 0.493 e. The maximum atomic E-state index is 16.0. The van der Waals surface area contributed by atoms with E-state index in [4.69, 9.17) is 14.5 Å². The number of rotatable bonds is 21. The van der Waals surface area contributed by atoms with Crippen molar-refractivity contribution in [2.45, 2.75) is 148 Å². The van der Waals surface area contributed by atoms with Crippen molar-refractivity contribution in [2.24, 2.45) is 10.4 Å².